The van der Waals surface area contributed by atoms with E-state index in [0.29, 0.717) is 6.07 Å². The summed E-state index contributed by atoms with van der Waals surface area (Å²) in [4.78, 5) is 0. The van der Waals surface area contributed by atoms with Gasteiger partial charge in [0, 0.05) is 0 Å². The van der Waals surface area contributed by atoms with Gasteiger partial charge in [-0.05, 0) is 17.6 Å². The molecule has 0 aliphatic heterocycles. The lowest BCUT2D eigenvalue weighted by molar-refractivity contribution is -0.137. The van der Waals surface area contributed by atoms with E-state index in [1.54, 1.807) is 0 Å². The highest BCUT2D eigenvalue weighted by molar-refractivity contribution is 6.58. The molecule has 0 saturated heterocycles. The van der Waals surface area contributed by atoms with E-state index in [1.165, 1.54) is 6.07 Å². The Bertz CT molecular complexity index is 411. The van der Waals surface area contributed by atoms with Gasteiger partial charge in [0.05, 0.1) is 17.2 Å². The molecule has 0 spiro atoms. The Kier molecular flexibility index (Phi) is 3.02. The third-order valence-corrected chi connectivity index (χ3v) is 1.77. The van der Waals surface area contributed by atoms with Gasteiger partial charge in [0.2, 0.25) is 0 Å². The van der Waals surface area contributed by atoms with Crippen LogP contribution >= 0.6 is 0 Å². The fraction of sp³-hybridized carbons (Fsp3) is 0.125. The van der Waals surface area contributed by atoms with Gasteiger partial charge >= 0.3 is 13.3 Å². The molecule has 78 valence electrons. The molecule has 2 N–H and O–H groups in total. The molecule has 0 bridgehead atoms. The molecule has 1 aromatic carbocycles. The lowest BCUT2D eigenvalue weighted by Crippen LogP contribution is -2.31. The molecule has 0 atom stereocenters. The van der Waals surface area contributed by atoms with Crippen LogP contribution in [-0.2, 0) is 6.18 Å². The summed E-state index contributed by atoms with van der Waals surface area (Å²) in [5.74, 6) is 0. The standard InChI is InChI=1S/C8H5BF3NO2/c10-8(11,12)7-3-6(9(14)15)2-1-5(7)4-13/h1-3,14-15H. The van der Waals surface area contributed by atoms with Gasteiger partial charge in [0.25, 0.3) is 0 Å². The summed E-state index contributed by atoms with van der Waals surface area (Å²) in [5, 5.41) is 25.8. The third kappa shape index (κ3) is 2.49. The van der Waals surface area contributed by atoms with Crippen molar-refractivity contribution in [3.8, 4) is 6.07 Å². The summed E-state index contributed by atoms with van der Waals surface area (Å²) in [7, 11) is -1.99. The maximum atomic E-state index is 12.4. The van der Waals surface area contributed by atoms with Crippen LogP contribution in [0.2, 0.25) is 0 Å². The van der Waals surface area contributed by atoms with E-state index in [2.05, 4.69) is 0 Å². The van der Waals surface area contributed by atoms with Crippen molar-refractivity contribution in [3.05, 3.63) is 29.3 Å². The van der Waals surface area contributed by atoms with Gasteiger partial charge in [-0.25, -0.2) is 0 Å². The van der Waals surface area contributed by atoms with Crippen molar-refractivity contribution in [2.75, 3.05) is 0 Å². The molecule has 1 rings (SSSR count). The van der Waals surface area contributed by atoms with Crippen molar-refractivity contribution in [2.24, 2.45) is 0 Å². The van der Waals surface area contributed by atoms with Crippen molar-refractivity contribution < 1.29 is 23.2 Å². The molecular formula is C8H5BF3NO2. The SMILES string of the molecule is N#Cc1ccc(B(O)O)cc1C(F)(F)F. The zero-order valence-electron chi connectivity index (χ0n) is 7.28. The molecular weight excluding hydrogens is 210 g/mol. The number of halogens is 3. The van der Waals surface area contributed by atoms with Gasteiger partial charge in [0.15, 0.2) is 0 Å². The van der Waals surface area contributed by atoms with Crippen molar-refractivity contribution in [3.63, 3.8) is 0 Å². The van der Waals surface area contributed by atoms with E-state index in [0.717, 1.165) is 12.1 Å². The Hall–Kier alpha value is -1.52. The minimum absolute atomic E-state index is 0.304. The number of hydrogen-bond acceptors (Lipinski definition) is 3. The second kappa shape index (κ2) is 3.92. The fourth-order valence-corrected chi connectivity index (χ4v) is 1.05. The Balaban J connectivity index is 3.34. The Morgan fingerprint density at radius 3 is 2.27 bits per heavy atom. The van der Waals surface area contributed by atoms with Gasteiger partial charge in [-0.15, -0.1) is 0 Å². The van der Waals surface area contributed by atoms with Crippen LogP contribution in [-0.4, -0.2) is 17.2 Å². The molecule has 15 heavy (non-hydrogen) atoms. The van der Waals surface area contributed by atoms with Crippen LogP contribution < -0.4 is 5.46 Å². The number of benzene rings is 1. The van der Waals surface area contributed by atoms with Crippen LogP contribution in [0.1, 0.15) is 11.1 Å². The van der Waals surface area contributed by atoms with E-state index >= 15 is 0 Å². The molecule has 0 aliphatic carbocycles. The molecule has 7 heteroatoms. The summed E-state index contributed by atoms with van der Waals surface area (Å²) in [6, 6.07) is 3.88. The van der Waals surface area contributed by atoms with Crippen molar-refractivity contribution in [1.82, 2.24) is 0 Å². The first kappa shape index (κ1) is 11.6. The van der Waals surface area contributed by atoms with Crippen molar-refractivity contribution >= 4 is 12.6 Å². The van der Waals surface area contributed by atoms with Crippen LogP contribution in [0.4, 0.5) is 13.2 Å². The molecule has 0 heterocycles. The lowest BCUT2D eigenvalue weighted by atomic mass is 9.79. The molecule has 3 nitrogen and oxygen atoms in total. The summed E-state index contributed by atoms with van der Waals surface area (Å²) < 4.78 is 37.1. The van der Waals surface area contributed by atoms with Crippen LogP contribution in [0.5, 0.6) is 0 Å². The van der Waals surface area contributed by atoms with Crippen molar-refractivity contribution in [2.45, 2.75) is 6.18 Å². The average molecular weight is 215 g/mol. The average Bonchev–Trinajstić information content (AvgIpc) is 2.15. The summed E-state index contributed by atoms with van der Waals surface area (Å²) in [6.45, 7) is 0. The van der Waals surface area contributed by atoms with E-state index < -0.39 is 24.4 Å². The van der Waals surface area contributed by atoms with E-state index in [1.807, 2.05) is 0 Å². The fourth-order valence-electron chi connectivity index (χ4n) is 1.05. The van der Waals surface area contributed by atoms with Crippen LogP contribution in [0.3, 0.4) is 0 Å². The largest absolute Gasteiger partial charge is 0.488 e. The highest BCUT2D eigenvalue weighted by Gasteiger charge is 2.34. The number of nitrogens with zero attached hydrogens (tertiary/aromatic N) is 1. The molecule has 0 amide bonds. The molecule has 0 radical (unpaired) electrons. The minimum Gasteiger partial charge on any atom is -0.423 e. The second-order valence-corrected chi connectivity index (χ2v) is 2.79. The molecule has 0 unspecified atom stereocenters. The minimum atomic E-state index is -4.68. The second-order valence-electron chi connectivity index (χ2n) is 2.79. The highest BCUT2D eigenvalue weighted by Crippen LogP contribution is 2.30. The first-order valence-corrected chi connectivity index (χ1v) is 3.83. The van der Waals surface area contributed by atoms with Gasteiger partial charge in [0.1, 0.15) is 0 Å². The molecule has 1 aromatic rings. The maximum Gasteiger partial charge on any atom is 0.488 e. The Morgan fingerprint density at radius 1 is 1.27 bits per heavy atom. The molecule has 0 aliphatic rings. The first-order chi connectivity index (χ1) is 6.86. The van der Waals surface area contributed by atoms with Crippen LogP contribution in [0.25, 0.3) is 0 Å². The van der Waals surface area contributed by atoms with Gasteiger partial charge in [-0.3, -0.25) is 0 Å². The normalized spacial score (nSPS) is 10.9. The maximum absolute atomic E-state index is 12.4. The molecule has 0 aromatic heterocycles. The highest BCUT2D eigenvalue weighted by atomic mass is 19.4. The van der Waals surface area contributed by atoms with Crippen molar-refractivity contribution in [1.29, 1.82) is 5.26 Å². The predicted octanol–water partition coefficient (Wildman–Crippen LogP) is 0.257. The first-order valence-electron chi connectivity index (χ1n) is 3.83. The third-order valence-electron chi connectivity index (χ3n) is 1.77. The lowest BCUT2D eigenvalue weighted by Gasteiger charge is -2.10. The topological polar surface area (TPSA) is 64.2 Å². The Labute approximate surface area is 83.5 Å². The summed E-state index contributed by atoms with van der Waals surface area (Å²) in [5.41, 5.74) is -2.02. The smallest absolute Gasteiger partial charge is 0.423 e. The molecule has 0 fully saturated rings. The van der Waals surface area contributed by atoms with E-state index in [9.17, 15) is 13.2 Å². The summed E-state index contributed by atoms with van der Waals surface area (Å²) >= 11 is 0. The van der Waals surface area contributed by atoms with Gasteiger partial charge in [-0.1, -0.05) is 6.07 Å². The number of alkyl halides is 3. The van der Waals surface area contributed by atoms with Crippen LogP contribution in [0, 0.1) is 11.3 Å². The van der Waals surface area contributed by atoms with Gasteiger partial charge in [-0.2, -0.15) is 18.4 Å². The predicted molar refractivity (Wildman–Crippen MR) is 46.0 cm³/mol. The zero-order valence-corrected chi connectivity index (χ0v) is 7.28. The quantitative estimate of drug-likeness (QED) is 0.660. The monoisotopic (exact) mass is 215 g/mol. The van der Waals surface area contributed by atoms with Gasteiger partial charge < -0.3 is 10.0 Å². The van der Waals surface area contributed by atoms with Crippen LogP contribution in [0.15, 0.2) is 18.2 Å². The number of hydrogen-bond donors (Lipinski definition) is 2. The summed E-state index contributed by atoms with van der Waals surface area (Å²) in [6.07, 6.45) is -4.68. The Morgan fingerprint density at radius 2 is 1.87 bits per heavy atom. The zero-order chi connectivity index (χ0) is 11.6. The number of rotatable bonds is 1. The number of nitriles is 1. The van der Waals surface area contributed by atoms with E-state index in [4.69, 9.17) is 15.3 Å². The van der Waals surface area contributed by atoms with E-state index in [-0.39, 0.29) is 5.46 Å². The molecule has 0 saturated carbocycles.